The highest BCUT2D eigenvalue weighted by Gasteiger charge is 2.19. The van der Waals surface area contributed by atoms with Crippen molar-refractivity contribution in [2.75, 3.05) is 13.7 Å². The molecular weight excluding hydrogens is 182 g/mol. The highest BCUT2D eigenvalue weighted by atomic mass is 16.5. The fourth-order valence-electron chi connectivity index (χ4n) is 1.27. The predicted octanol–water partition coefficient (Wildman–Crippen LogP) is 0.878. The van der Waals surface area contributed by atoms with Crippen LogP contribution in [0, 0.1) is 12.8 Å². The fraction of sp³-hybridized carbons (Fsp3) is 0.500. The van der Waals surface area contributed by atoms with Crippen molar-refractivity contribution in [1.29, 1.82) is 0 Å². The molecule has 0 aliphatic carbocycles. The van der Waals surface area contributed by atoms with E-state index in [1.807, 2.05) is 19.1 Å². The molecule has 1 heterocycles. The molecule has 1 rings (SSSR count). The van der Waals surface area contributed by atoms with Crippen LogP contribution in [0.15, 0.2) is 16.5 Å². The number of ether oxygens (including phenoxy) is 1. The van der Waals surface area contributed by atoms with Gasteiger partial charge in [0.15, 0.2) is 0 Å². The van der Waals surface area contributed by atoms with Gasteiger partial charge in [0.1, 0.15) is 11.5 Å². The quantitative estimate of drug-likeness (QED) is 0.727. The van der Waals surface area contributed by atoms with E-state index in [-0.39, 0.29) is 18.4 Å². The topological polar surface area (TPSA) is 65.5 Å². The summed E-state index contributed by atoms with van der Waals surface area (Å²) in [6.07, 6.45) is 0.497. The van der Waals surface area contributed by atoms with E-state index >= 15 is 0 Å². The molecule has 1 aromatic rings. The second-order valence-electron chi connectivity index (χ2n) is 3.17. The van der Waals surface area contributed by atoms with E-state index in [2.05, 4.69) is 4.74 Å². The molecule has 1 aromatic heterocycles. The molecule has 0 aliphatic heterocycles. The lowest BCUT2D eigenvalue weighted by Gasteiger charge is -2.09. The largest absolute Gasteiger partial charge is 0.469 e. The summed E-state index contributed by atoms with van der Waals surface area (Å²) in [5.74, 6) is 0.996. The van der Waals surface area contributed by atoms with Crippen molar-refractivity contribution >= 4 is 5.97 Å². The first kappa shape index (κ1) is 10.8. The third kappa shape index (κ3) is 2.60. The van der Waals surface area contributed by atoms with Crippen molar-refractivity contribution in [3.63, 3.8) is 0 Å². The van der Waals surface area contributed by atoms with Gasteiger partial charge in [-0.25, -0.2) is 0 Å². The Morgan fingerprint density at radius 3 is 2.79 bits per heavy atom. The Hall–Kier alpha value is -1.29. The minimum absolute atomic E-state index is 0.270. The molecule has 0 saturated carbocycles. The first-order valence-corrected chi connectivity index (χ1v) is 4.50. The van der Waals surface area contributed by atoms with Gasteiger partial charge in [0.05, 0.1) is 13.0 Å². The van der Waals surface area contributed by atoms with Crippen molar-refractivity contribution in [2.45, 2.75) is 13.3 Å². The van der Waals surface area contributed by atoms with Gasteiger partial charge >= 0.3 is 5.97 Å². The van der Waals surface area contributed by atoms with Crippen LogP contribution in [0.5, 0.6) is 0 Å². The molecule has 2 N–H and O–H groups in total. The molecule has 0 spiro atoms. The lowest BCUT2D eigenvalue weighted by molar-refractivity contribution is -0.145. The summed E-state index contributed by atoms with van der Waals surface area (Å²) in [6, 6.07) is 3.71. The second kappa shape index (κ2) is 4.81. The Morgan fingerprint density at radius 1 is 1.64 bits per heavy atom. The number of methoxy groups -OCH3 is 1. The molecular formula is C10H15NO3. The lowest BCUT2D eigenvalue weighted by atomic mass is 10.0. The maximum atomic E-state index is 11.2. The Labute approximate surface area is 83.0 Å². The van der Waals surface area contributed by atoms with Crippen LogP contribution >= 0.6 is 0 Å². The SMILES string of the molecule is COC(=O)C(CN)Cc1ccc(C)o1. The van der Waals surface area contributed by atoms with Gasteiger partial charge in [-0.15, -0.1) is 0 Å². The number of rotatable bonds is 4. The fourth-order valence-corrected chi connectivity index (χ4v) is 1.27. The van der Waals surface area contributed by atoms with Gasteiger partial charge in [-0.3, -0.25) is 4.79 Å². The van der Waals surface area contributed by atoms with Crippen molar-refractivity contribution in [2.24, 2.45) is 11.7 Å². The Morgan fingerprint density at radius 2 is 2.36 bits per heavy atom. The average Bonchev–Trinajstić information content (AvgIpc) is 2.59. The number of aryl methyl sites for hydroxylation is 1. The Balaban J connectivity index is 2.61. The monoisotopic (exact) mass is 197 g/mol. The summed E-state index contributed by atoms with van der Waals surface area (Å²) < 4.78 is 9.97. The van der Waals surface area contributed by atoms with Gasteiger partial charge in [0.2, 0.25) is 0 Å². The number of nitrogens with two attached hydrogens (primary N) is 1. The summed E-state index contributed by atoms with van der Waals surface area (Å²) in [4.78, 5) is 11.2. The van der Waals surface area contributed by atoms with Crippen LogP contribution in [0.2, 0.25) is 0 Å². The summed E-state index contributed by atoms with van der Waals surface area (Å²) in [5, 5.41) is 0. The van der Waals surface area contributed by atoms with Crippen LogP contribution in [0.1, 0.15) is 11.5 Å². The third-order valence-corrected chi connectivity index (χ3v) is 2.06. The predicted molar refractivity (Wildman–Crippen MR) is 51.7 cm³/mol. The minimum atomic E-state index is -0.314. The molecule has 1 atom stereocenters. The highest BCUT2D eigenvalue weighted by molar-refractivity contribution is 5.72. The molecule has 0 radical (unpaired) electrons. The van der Waals surface area contributed by atoms with Crippen molar-refractivity contribution in [3.8, 4) is 0 Å². The molecule has 0 fully saturated rings. The lowest BCUT2D eigenvalue weighted by Crippen LogP contribution is -2.26. The minimum Gasteiger partial charge on any atom is -0.469 e. The van der Waals surface area contributed by atoms with E-state index in [0.29, 0.717) is 6.42 Å². The summed E-state index contributed by atoms with van der Waals surface area (Å²) in [7, 11) is 1.36. The van der Waals surface area contributed by atoms with Gasteiger partial charge in [0.25, 0.3) is 0 Å². The molecule has 0 bridgehead atoms. The molecule has 0 aliphatic rings. The van der Waals surface area contributed by atoms with Gasteiger partial charge in [-0.2, -0.15) is 0 Å². The van der Waals surface area contributed by atoms with Crippen LogP contribution in [0.3, 0.4) is 0 Å². The van der Waals surface area contributed by atoms with Crippen LogP contribution in [0.4, 0.5) is 0 Å². The van der Waals surface area contributed by atoms with Crippen molar-refractivity contribution in [1.82, 2.24) is 0 Å². The van der Waals surface area contributed by atoms with Gasteiger partial charge in [-0.1, -0.05) is 0 Å². The number of carbonyl (C=O) groups excluding carboxylic acids is 1. The van der Waals surface area contributed by atoms with Crippen LogP contribution in [-0.4, -0.2) is 19.6 Å². The smallest absolute Gasteiger partial charge is 0.310 e. The van der Waals surface area contributed by atoms with E-state index in [1.165, 1.54) is 7.11 Å². The first-order valence-electron chi connectivity index (χ1n) is 4.50. The molecule has 1 unspecified atom stereocenters. The van der Waals surface area contributed by atoms with Gasteiger partial charge < -0.3 is 14.9 Å². The first-order chi connectivity index (χ1) is 6.67. The number of esters is 1. The maximum absolute atomic E-state index is 11.2. The second-order valence-corrected chi connectivity index (χ2v) is 3.17. The third-order valence-electron chi connectivity index (χ3n) is 2.06. The molecule has 0 amide bonds. The molecule has 78 valence electrons. The maximum Gasteiger partial charge on any atom is 0.310 e. The zero-order chi connectivity index (χ0) is 10.6. The Bertz CT molecular complexity index is 306. The molecule has 4 heteroatoms. The number of hydrogen-bond acceptors (Lipinski definition) is 4. The van der Waals surface area contributed by atoms with E-state index < -0.39 is 0 Å². The standard InChI is InChI=1S/C10H15NO3/c1-7-3-4-9(14-7)5-8(6-11)10(12)13-2/h3-4,8H,5-6,11H2,1-2H3. The zero-order valence-electron chi connectivity index (χ0n) is 8.45. The van der Waals surface area contributed by atoms with Crippen LogP contribution < -0.4 is 5.73 Å². The number of furan rings is 1. The molecule has 0 aromatic carbocycles. The molecule has 0 saturated heterocycles. The van der Waals surface area contributed by atoms with Crippen LogP contribution in [-0.2, 0) is 16.0 Å². The zero-order valence-corrected chi connectivity index (χ0v) is 8.45. The van der Waals surface area contributed by atoms with E-state index in [0.717, 1.165) is 11.5 Å². The summed E-state index contributed by atoms with van der Waals surface area (Å²) in [6.45, 7) is 2.13. The average molecular weight is 197 g/mol. The van der Waals surface area contributed by atoms with E-state index in [1.54, 1.807) is 0 Å². The van der Waals surface area contributed by atoms with E-state index in [4.69, 9.17) is 10.2 Å². The summed E-state index contributed by atoms with van der Waals surface area (Å²) >= 11 is 0. The van der Waals surface area contributed by atoms with Crippen molar-refractivity contribution in [3.05, 3.63) is 23.7 Å². The number of hydrogen-bond donors (Lipinski definition) is 1. The van der Waals surface area contributed by atoms with E-state index in [9.17, 15) is 4.79 Å². The highest BCUT2D eigenvalue weighted by Crippen LogP contribution is 2.12. The number of carbonyl (C=O) groups is 1. The molecule has 14 heavy (non-hydrogen) atoms. The normalized spacial score (nSPS) is 12.5. The molecule has 4 nitrogen and oxygen atoms in total. The summed E-state index contributed by atoms with van der Waals surface area (Å²) in [5.41, 5.74) is 5.46. The van der Waals surface area contributed by atoms with Crippen LogP contribution in [0.25, 0.3) is 0 Å². The van der Waals surface area contributed by atoms with Crippen molar-refractivity contribution < 1.29 is 13.9 Å². The van der Waals surface area contributed by atoms with Gasteiger partial charge in [0, 0.05) is 13.0 Å². The Kier molecular flexibility index (Phi) is 3.71. The van der Waals surface area contributed by atoms with Gasteiger partial charge in [-0.05, 0) is 19.1 Å².